The minimum absolute atomic E-state index is 0.513. The molecule has 0 aliphatic heterocycles. The molecule has 0 aromatic heterocycles. The highest BCUT2D eigenvalue weighted by Gasteiger charge is 2.05. The third kappa shape index (κ3) is 15.1. The zero-order valence-corrected chi connectivity index (χ0v) is 14.8. The van der Waals surface area contributed by atoms with Crippen molar-refractivity contribution in [1.29, 1.82) is 0 Å². The normalized spacial score (nSPS) is 12.7. The number of rotatable bonds is 15. The minimum Gasteiger partial charge on any atom is -0.475 e. The molecule has 0 heterocycles. The van der Waals surface area contributed by atoms with Gasteiger partial charge in [-0.05, 0) is 18.9 Å². The fourth-order valence-corrected chi connectivity index (χ4v) is 2.22. The van der Waals surface area contributed by atoms with Crippen molar-refractivity contribution in [3.63, 3.8) is 0 Å². The van der Waals surface area contributed by atoms with E-state index >= 15 is 0 Å². The summed E-state index contributed by atoms with van der Waals surface area (Å²) in [6.07, 6.45) is 25.3. The molecule has 4 heteroatoms. The molecule has 0 atom stereocenters. The van der Waals surface area contributed by atoms with Crippen LogP contribution in [-0.2, 0) is 9.68 Å². The maximum absolute atomic E-state index is 10.5. The summed E-state index contributed by atoms with van der Waals surface area (Å²) in [7, 11) is 0. The number of allylic oxidation sites excluding steroid dienone is 7. The van der Waals surface area contributed by atoms with Gasteiger partial charge in [-0.25, -0.2) is 10.1 Å². The van der Waals surface area contributed by atoms with E-state index in [4.69, 9.17) is 10.4 Å². The Morgan fingerprint density at radius 2 is 1.38 bits per heavy atom. The molecule has 0 aromatic rings. The van der Waals surface area contributed by atoms with Crippen LogP contribution in [0.15, 0.2) is 48.3 Å². The standard InChI is InChI=1S/C20H32O4/c1-2-3-4-5-6-7-8-9-10-11-12-13-14-15-16-17-18-19(24-23)20(21)22/h12-18,23H,2-11H2,1H3,(H,21,22)/b13-12+,15-14+,17-16+,19-18-. The largest absolute Gasteiger partial charge is 0.475 e. The topological polar surface area (TPSA) is 66.8 Å². The van der Waals surface area contributed by atoms with Crippen LogP contribution in [0.25, 0.3) is 0 Å². The van der Waals surface area contributed by atoms with E-state index in [2.05, 4.69) is 17.9 Å². The van der Waals surface area contributed by atoms with E-state index in [9.17, 15) is 4.79 Å². The molecule has 0 aliphatic carbocycles. The predicted molar refractivity (Wildman–Crippen MR) is 98.7 cm³/mol. The average Bonchev–Trinajstić information content (AvgIpc) is 2.57. The molecule has 0 rings (SSSR count). The van der Waals surface area contributed by atoms with Gasteiger partial charge in [-0.15, -0.1) is 0 Å². The fraction of sp³-hybridized carbons (Fsp3) is 0.550. The lowest BCUT2D eigenvalue weighted by molar-refractivity contribution is -0.210. The Kier molecular flexibility index (Phi) is 16.2. The van der Waals surface area contributed by atoms with Crippen molar-refractivity contribution >= 4 is 5.97 Å². The molecule has 0 aromatic carbocycles. The summed E-state index contributed by atoms with van der Waals surface area (Å²) in [6, 6.07) is 0. The molecule has 24 heavy (non-hydrogen) atoms. The number of aliphatic carboxylic acids is 1. The molecule has 0 spiro atoms. The Hall–Kier alpha value is -1.81. The van der Waals surface area contributed by atoms with Crippen LogP contribution in [0.5, 0.6) is 0 Å². The van der Waals surface area contributed by atoms with Crippen LogP contribution < -0.4 is 0 Å². The van der Waals surface area contributed by atoms with Gasteiger partial charge in [0.2, 0.25) is 5.76 Å². The van der Waals surface area contributed by atoms with Crippen LogP contribution in [0.1, 0.15) is 71.1 Å². The molecular formula is C20H32O4. The van der Waals surface area contributed by atoms with Gasteiger partial charge in [0.15, 0.2) is 0 Å². The second-order valence-corrected chi connectivity index (χ2v) is 5.74. The number of hydrogen-bond acceptors (Lipinski definition) is 3. The van der Waals surface area contributed by atoms with Gasteiger partial charge in [0.1, 0.15) is 0 Å². The number of carbonyl (C=O) groups is 1. The Morgan fingerprint density at radius 3 is 1.96 bits per heavy atom. The van der Waals surface area contributed by atoms with Crippen molar-refractivity contribution in [2.75, 3.05) is 0 Å². The molecule has 0 radical (unpaired) electrons. The van der Waals surface area contributed by atoms with Crippen LogP contribution >= 0.6 is 0 Å². The van der Waals surface area contributed by atoms with Gasteiger partial charge >= 0.3 is 5.97 Å². The molecule has 0 aliphatic rings. The quantitative estimate of drug-likeness (QED) is 0.0956. The van der Waals surface area contributed by atoms with Crippen LogP contribution in [-0.4, -0.2) is 16.3 Å². The highest BCUT2D eigenvalue weighted by atomic mass is 17.1. The van der Waals surface area contributed by atoms with Crippen molar-refractivity contribution in [3.8, 4) is 0 Å². The predicted octanol–water partition coefficient (Wildman–Crippen LogP) is 6.03. The maximum Gasteiger partial charge on any atom is 0.375 e. The third-order valence-corrected chi connectivity index (χ3v) is 3.61. The second-order valence-electron chi connectivity index (χ2n) is 5.74. The summed E-state index contributed by atoms with van der Waals surface area (Å²) in [5.74, 6) is -1.83. The Balaban J connectivity index is 3.57. The maximum atomic E-state index is 10.5. The van der Waals surface area contributed by atoms with Gasteiger partial charge in [0, 0.05) is 0 Å². The monoisotopic (exact) mass is 336 g/mol. The number of carboxylic acid groups (broad SMARTS) is 1. The van der Waals surface area contributed by atoms with E-state index in [-0.39, 0.29) is 0 Å². The average molecular weight is 336 g/mol. The lowest BCUT2D eigenvalue weighted by Crippen LogP contribution is -2.01. The van der Waals surface area contributed by atoms with Crippen molar-refractivity contribution in [3.05, 3.63) is 48.3 Å². The van der Waals surface area contributed by atoms with Crippen molar-refractivity contribution in [2.45, 2.75) is 71.1 Å². The zero-order chi connectivity index (χ0) is 17.9. The minimum atomic E-state index is -1.31. The van der Waals surface area contributed by atoms with Crippen LogP contribution in [0, 0.1) is 0 Å². The second kappa shape index (κ2) is 17.5. The number of hydrogen-bond donors (Lipinski definition) is 2. The van der Waals surface area contributed by atoms with E-state index in [0.29, 0.717) is 0 Å². The molecule has 0 amide bonds. The van der Waals surface area contributed by atoms with E-state index in [1.54, 1.807) is 12.2 Å². The van der Waals surface area contributed by atoms with Crippen molar-refractivity contribution in [2.24, 2.45) is 0 Å². The molecule has 0 unspecified atom stereocenters. The SMILES string of the molecule is CCCCCCCCCCC/C=C/C=C/C=C/C=C(\OO)C(=O)O. The Morgan fingerprint density at radius 1 is 0.833 bits per heavy atom. The van der Waals surface area contributed by atoms with E-state index in [1.165, 1.54) is 69.9 Å². The van der Waals surface area contributed by atoms with E-state index < -0.39 is 11.7 Å². The van der Waals surface area contributed by atoms with E-state index in [1.807, 2.05) is 12.2 Å². The van der Waals surface area contributed by atoms with E-state index in [0.717, 1.165) is 6.42 Å². The van der Waals surface area contributed by atoms with Gasteiger partial charge in [0.25, 0.3) is 0 Å². The van der Waals surface area contributed by atoms with Crippen LogP contribution in [0.2, 0.25) is 0 Å². The van der Waals surface area contributed by atoms with Crippen LogP contribution in [0.4, 0.5) is 0 Å². The molecule has 136 valence electrons. The molecule has 0 saturated carbocycles. The molecule has 0 fully saturated rings. The Labute approximate surface area is 146 Å². The smallest absolute Gasteiger partial charge is 0.375 e. The molecular weight excluding hydrogens is 304 g/mol. The first-order chi connectivity index (χ1) is 11.7. The zero-order valence-electron chi connectivity index (χ0n) is 14.8. The van der Waals surface area contributed by atoms with Gasteiger partial charge < -0.3 is 9.99 Å². The van der Waals surface area contributed by atoms with Gasteiger partial charge in [0.05, 0.1) is 0 Å². The summed E-state index contributed by atoms with van der Waals surface area (Å²) in [5.41, 5.74) is 0. The summed E-state index contributed by atoms with van der Waals surface area (Å²) >= 11 is 0. The molecule has 2 N–H and O–H groups in total. The first-order valence-electron chi connectivity index (χ1n) is 8.97. The molecule has 0 saturated heterocycles. The van der Waals surface area contributed by atoms with Crippen molar-refractivity contribution < 1.29 is 20.0 Å². The summed E-state index contributed by atoms with van der Waals surface area (Å²) in [4.78, 5) is 14.2. The summed E-state index contributed by atoms with van der Waals surface area (Å²) in [5, 5.41) is 16.9. The van der Waals surface area contributed by atoms with Gasteiger partial charge in [-0.1, -0.05) is 94.7 Å². The lowest BCUT2D eigenvalue weighted by Gasteiger charge is -2.00. The fourth-order valence-electron chi connectivity index (χ4n) is 2.22. The third-order valence-electron chi connectivity index (χ3n) is 3.61. The van der Waals surface area contributed by atoms with Crippen LogP contribution in [0.3, 0.4) is 0 Å². The molecule has 0 bridgehead atoms. The van der Waals surface area contributed by atoms with Gasteiger partial charge in [-0.3, -0.25) is 0 Å². The molecule has 4 nitrogen and oxygen atoms in total. The summed E-state index contributed by atoms with van der Waals surface area (Å²) < 4.78 is 0. The lowest BCUT2D eigenvalue weighted by atomic mass is 10.1. The number of unbranched alkanes of at least 4 members (excludes halogenated alkanes) is 9. The summed E-state index contributed by atoms with van der Waals surface area (Å²) in [6.45, 7) is 2.25. The van der Waals surface area contributed by atoms with Gasteiger partial charge in [-0.2, -0.15) is 0 Å². The first-order valence-corrected chi connectivity index (χ1v) is 8.97. The number of carboxylic acids is 1. The van der Waals surface area contributed by atoms with Crippen molar-refractivity contribution in [1.82, 2.24) is 0 Å². The first kappa shape index (κ1) is 22.2. The highest BCUT2D eigenvalue weighted by Crippen LogP contribution is 2.10. The highest BCUT2D eigenvalue weighted by molar-refractivity contribution is 5.84. The Bertz CT molecular complexity index is 419.